The van der Waals surface area contributed by atoms with Crippen LogP contribution in [0.2, 0.25) is 10.0 Å². The van der Waals surface area contributed by atoms with E-state index in [1.807, 2.05) is 36.8 Å². The lowest BCUT2D eigenvalue weighted by Gasteiger charge is -2.11. The first kappa shape index (κ1) is 23.4. The summed E-state index contributed by atoms with van der Waals surface area (Å²) in [5.41, 5.74) is 5.72. The van der Waals surface area contributed by atoms with Crippen molar-refractivity contribution in [2.24, 2.45) is 0 Å². The van der Waals surface area contributed by atoms with Crippen molar-refractivity contribution in [3.8, 4) is 22.6 Å². The van der Waals surface area contributed by atoms with Crippen LogP contribution in [-0.2, 0) is 13.0 Å². The number of fused-ring (bicyclic) bond motifs is 1. The van der Waals surface area contributed by atoms with Crippen molar-refractivity contribution in [2.45, 2.75) is 13.0 Å². The van der Waals surface area contributed by atoms with E-state index < -0.39 is 0 Å². The van der Waals surface area contributed by atoms with Gasteiger partial charge >= 0.3 is 0 Å². The van der Waals surface area contributed by atoms with Crippen LogP contribution in [0.15, 0.2) is 73.1 Å². The monoisotopic (exact) mass is 505 g/mol. The lowest BCUT2D eigenvalue weighted by atomic mass is 10.1. The Morgan fingerprint density at radius 1 is 0.943 bits per heavy atom. The fourth-order valence-corrected chi connectivity index (χ4v) is 4.61. The zero-order valence-corrected chi connectivity index (χ0v) is 20.7. The predicted octanol–water partition coefficient (Wildman–Crippen LogP) is 6.56. The van der Waals surface area contributed by atoms with E-state index in [-0.39, 0.29) is 5.82 Å². The highest BCUT2D eigenvalue weighted by Crippen LogP contribution is 2.33. The molecule has 3 heterocycles. The average Bonchev–Trinajstić information content (AvgIpc) is 3.20. The molecule has 0 saturated carbocycles. The standard InChI is InChI=1S/C27H22Cl2FN5/c1-34(2)16-17-11-13-35-25(14-17)33-26(18-6-8-19(30)9-7-18)27(35)23-10-12-31-24(32-23)15-20-21(28)4-3-5-22(20)29/h3-14H,15-16H2,1-2H3. The highest BCUT2D eigenvalue weighted by atomic mass is 35.5. The molecule has 0 aliphatic rings. The number of hydrogen-bond donors (Lipinski definition) is 0. The van der Waals surface area contributed by atoms with E-state index in [1.165, 1.54) is 12.1 Å². The number of halogens is 3. The summed E-state index contributed by atoms with van der Waals surface area (Å²) in [6.07, 6.45) is 4.11. The Balaban J connectivity index is 1.65. The van der Waals surface area contributed by atoms with Crippen molar-refractivity contribution >= 4 is 28.8 Å². The first-order valence-electron chi connectivity index (χ1n) is 11.1. The van der Waals surface area contributed by atoms with Gasteiger partial charge in [-0.2, -0.15) is 0 Å². The van der Waals surface area contributed by atoms with E-state index in [4.69, 9.17) is 33.2 Å². The summed E-state index contributed by atoms with van der Waals surface area (Å²) in [6.45, 7) is 0.792. The van der Waals surface area contributed by atoms with Gasteiger partial charge in [0.15, 0.2) is 0 Å². The van der Waals surface area contributed by atoms with Gasteiger partial charge in [0.2, 0.25) is 0 Å². The third-order valence-corrected chi connectivity index (χ3v) is 6.36. The fourth-order valence-electron chi connectivity index (χ4n) is 4.08. The molecule has 3 aromatic heterocycles. The normalized spacial score (nSPS) is 11.5. The van der Waals surface area contributed by atoms with E-state index in [0.29, 0.717) is 33.7 Å². The van der Waals surface area contributed by atoms with Gasteiger partial charge < -0.3 is 4.90 Å². The summed E-state index contributed by atoms with van der Waals surface area (Å²) in [6, 6.07) is 17.7. The summed E-state index contributed by atoms with van der Waals surface area (Å²) in [5.74, 6) is 0.287. The van der Waals surface area contributed by atoms with E-state index in [0.717, 1.165) is 34.6 Å². The van der Waals surface area contributed by atoms with E-state index in [1.54, 1.807) is 30.5 Å². The largest absolute Gasteiger partial charge is 0.305 e. The summed E-state index contributed by atoms with van der Waals surface area (Å²) < 4.78 is 15.7. The molecule has 5 rings (SSSR count). The van der Waals surface area contributed by atoms with Gasteiger partial charge in [0, 0.05) is 41.0 Å². The van der Waals surface area contributed by atoms with Gasteiger partial charge in [0.1, 0.15) is 17.3 Å². The van der Waals surface area contributed by atoms with Crippen LogP contribution in [0.3, 0.4) is 0 Å². The van der Waals surface area contributed by atoms with Crippen molar-refractivity contribution in [1.82, 2.24) is 24.3 Å². The summed E-state index contributed by atoms with van der Waals surface area (Å²) in [5, 5.41) is 1.14. The maximum atomic E-state index is 13.7. The van der Waals surface area contributed by atoms with Crippen LogP contribution >= 0.6 is 23.2 Å². The van der Waals surface area contributed by atoms with Crippen LogP contribution < -0.4 is 0 Å². The minimum Gasteiger partial charge on any atom is -0.305 e. The van der Waals surface area contributed by atoms with Crippen molar-refractivity contribution in [3.63, 3.8) is 0 Å². The first-order valence-corrected chi connectivity index (χ1v) is 11.8. The summed E-state index contributed by atoms with van der Waals surface area (Å²) >= 11 is 12.8. The molecule has 0 N–H and O–H groups in total. The Hall–Kier alpha value is -3.32. The van der Waals surface area contributed by atoms with Gasteiger partial charge in [-0.15, -0.1) is 0 Å². The Morgan fingerprint density at radius 2 is 1.69 bits per heavy atom. The second-order valence-electron chi connectivity index (χ2n) is 8.55. The molecule has 0 atom stereocenters. The minimum absolute atomic E-state index is 0.298. The van der Waals surface area contributed by atoms with Gasteiger partial charge in [-0.3, -0.25) is 4.40 Å². The third-order valence-electron chi connectivity index (χ3n) is 5.65. The molecule has 8 heteroatoms. The zero-order chi connectivity index (χ0) is 24.5. The van der Waals surface area contributed by atoms with Gasteiger partial charge in [-0.1, -0.05) is 29.3 Å². The molecule has 0 aliphatic heterocycles. The van der Waals surface area contributed by atoms with Crippen molar-refractivity contribution in [2.75, 3.05) is 14.1 Å². The molecule has 0 radical (unpaired) electrons. The van der Waals surface area contributed by atoms with Crippen LogP contribution in [0.25, 0.3) is 28.3 Å². The molecule has 0 aliphatic carbocycles. The number of rotatable bonds is 6. The van der Waals surface area contributed by atoms with E-state index in [9.17, 15) is 4.39 Å². The van der Waals surface area contributed by atoms with Gasteiger partial charge in [0.05, 0.1) is 17.1 Å². The van der Waals surface area contributed by atoms with Crippen LogP contribution in [0, 0.1) is 5.82 Å². The van der Waals surface area contributed by atoms with Gasteiger partial charge in [-0.05, 0) is 79.8 Å². The molecule has 0 bridgehead atoms. The molecule has 0 fully saturated rings. The highest BCUT2D eigenvalue weighted by Gasteiger charge is 2.19. The Bertz CT molecular complexity index is 1490. The van der Waals surface area contributed by atoms with E-state index in [2.05, 4.69) is 22.0 Å². The third kappa shape index (κ3) is 4.91. The topological polar surface area (TPSA) is 46.3 Å². The second kappa shape index (κ2) is 9.74. The summed E-state index contributed by atoms with van der Waals surface area (Å²) in [4.78, 5) is 16.3. The number of pyridine rings is 1. The second-order valence-corrected chi connectivity index (χ2v) is 9.37. The number of hydrogen-bond acceptors (Lipinski definition) is 4. The quantitative estimate of drug-likeness (QED) is 0.262. The maximum Gasteiger partial charge on any atom is 0.138 e. The molecule has 2 aromatic carbocycles. The van der Waals surface area contributed by atoms with Crippen molar-refractivity contribution in [1.29, 1.82) is 0 Å². The maximum absolute atomic E-state index is 13.7. The van der Waals surface area contributed by atoms with Gasteiger partial charge in [-0.25, -0.2) is 19.3 Å². The average molecular weight is 506 g/mol. The Kier molecular flexibility index (Phi) is 6.52. The van der Waals surface area contributed by atoms with Crippen LogP contribution in [0.1, 0.15) is 17.0 Å². The molecule has 0 spiro atoms. The molecule has 5 nitrogen and oxygen atoms in total. The molecule has 5 aromatic rings. The zero-order valence-electron chi connectivity index (χ0n) is 19.2. The van der Waals surface area contributed by atoms with Crippen molar-refractivity contribution in [3.05, 3.63) is 106 Å². The Morgan fingerprint density at radius 3 is 2.40 bits per heavy atom. The number of benzene rings is 2. The van der Waals surface area contributed by atoms with Crippen molar-refractivity contribution < 1.29 is 4.39 Å². The minimum atomic E-state index is -0.298. The number of aromatic nitrogens is 4. The molecule has 0 saturated heterocycles. The number of imidazole rings is 1. The lowest BCUT2D eigenvalue weighted by molar-refractivity contribution is 0.402. The van der Waals surface area contributed by atoms with E-state index >= 15 is 0 Å². The SMILES string of the molecule is CN(C)Cc1ccn2c(-c3ccnc(Cc4c(Cl)cccc4Cl)n3)c(-c3ccc(F)cc3)nc2c1. The molecular formula is C27H22Cl2FN5. The molecule has 35 heavy (non-hydrogen) atoms. The Labute approximate surface area is 212 Å². The van der Waals surface area contributed by atoms with Crippen LogP contribution in [0.5, 0.6) is 0 Å². The first-order chi connectivity index (χ1) is 16.9. The number of nitrogens with zero attached hydrogens (tertiary/aromatic N) is 5. The molecule has 0 unspecified atom stereocenters. The predicted molar refractivity (Wildman–Crippen MR) is 138 cm³/mol. The summed E-state index contributed by atoms with van der Waals surface area (Å²) in [7, 11) is 4.05. The smallest absolute Gasteiger partial charge is 0.138 e. The molecule has 0 amide bonds. The fraction of sp³-hybridized carbons (Fsp3) is 0.148. The lowest BCUT2D eigenvalue weighted by Crippen LogP contribution is -2.10. The van der Waals surface area contributed by atoms with Crippen LogP contribution in [0.4, 0.5) is 4.39 Å². The molecule has 176 valence electrons. The van der Waals surface area contributed by atoms with Gasteiger partial charge in [0.25, 0.3) is 0 Å². The van der Waals surface area contributed by atoms with Crippen LogP contribution in [-0.4, -0.2) is 38.3 Å². The highest BCUT2D eigenvalue weighted by molar-refractivity contribution is 6.36. The molecular weight excluding hydrogens is 484 g/mol.